The van der Waals surface area contributed by atoms with Crippen LogP contribution in [0.25, 0.3) is 0 Å². The molecule has 0 spiro atoms. The van der Waals surface area contributed by atoms with Gasteiger partial charge in [-0.25, -0.2) is 0 Å². The molecule has 2 aliphatic carbocycles. The summed E-state index contributed by atoms with van der Waals surface area (Å²) in [6, 6.07) is 8.39. The number of amides is 1. The molecule has 2 aliphatic rings. The summed E-state index contributed by atoms with van der Waals surface area (Å²) >= 11 is 0. The van der Waals surface area contributed by atoms with Crippen LogP contribution in [-0.4, -0.2) is 19.6 Å². The molecular formula is C20H27NO2. The van der Waals surface area contributed by atoms with Crippen LogP contribution < -0.4 is 10.1 Å². The Balaban J connectivity index is 1.68. The minimum atomic E-state index is 0.104. The molecule has 1 atom stereocenters. The number of hydrogen-bond donors (Lipinski definition) is 1. The van der Waals surface area contributed by atoms with Crippen LogP contribution in [0, 0.1) is 5.92 Å². The van der Waals surface area contributed by atoms with Gasteiger partial charge in [-0.15, -0.1) is 0 Å². The predicted molar refractivity (Wildman–Crippen MR) is 92.6 cm³/mol. The summed E-state index contributed by atoms with van der Waals surface area (Å²) < 4.78 is 5.27. The maximum atomic E-state index is 12.5. The first-order valence-electron chi connectivity index (χ1n) is 8.81. The van der Waals surface area contributed by atoms with Crippen LogP contribution in [0.3, 0.4) is 0 Å². The number of ether oxygens (including phenoxy) is 1. The predicted octanol–water partition coefficient (Wildman–Crippen LogP) is 3.98. The fraction of sp³-hybridized carbons (Fsp3) is 0.550. The molecule has 1 amide bonds. The van der Waals surface area contributed by atoms with E-state index in [1.54, 1.807) is 7.11 Å². The standard InChI is InChI=1S/C20H27NO2/c1-23-18-11-9-17(10-12-18)20(13-5-6-14-20)15-21-19(22)16-7-3-2-4-8-16/h2-3,9-12,16H,4-8,13-15H2,1H3,(H,21,22)/t16-/m1/s1. The molecule has 0 saturated heterocycles. The van der Waals surface area contributed by atoms with Gasteiger partial charge in [0.15, 0.2) is 0 Å². The van der Waals surface area contributed by atoms with Gasteiger partial charge >= 0.3 is 0 Å². The van der Waals surface area contributed by atoms with E-state index in [0.717, 1.165) is 44.4 Å². The zero-order chi connectivity index (χ0) is 16.1. The molecule has 0 heterocycles. The Hall–Kier alpha value is -1.77. The molecular weight excluding hydrogens is 286 g/mol. The lowest BCUT2D eigenvalue weighted by molar-refractivity contribution is -0.125. The van der Waals surface area contributed by atoms with Crippen LogP contribution >= 0.6 is 0 Å². The molecule has 23 heavy (non-hydrogen) atoms. The maximum Gasteiger partial charge on any atom is 0.223 e. The summed E-state index contributed by atoms with van der Waals surface area (Å²) in [5, 5.41) is 3.26. The van der Waals surface area contributed by atoms with Crippen molar-refractivity contribution in [3.63, 3.8) is 0 Å². The third-order valence-corrected chi connectivity index (χ3v) is 5.50. The number of benzene rings is 1. The maximum absolute atomic E-state index is 12.5. The first kappa shape index (κ1) is 16.1. The zero-order valence-electron chi connectivity index (χ0n) is 14.0. The Kier molecular flexibility index (Phi) is 5.04. The molecule has 1 N–H and O–H groups in total. The zero-order valence-corrected chi connectivity index (χ0v) is 14.0. The Labute approximate surface area is 139 Å². The highest BCUT2D eigenvalue weighted by Crippen LogP contribution is 2.41. The second-order valence-corrected chi connectivity index (χ2v) is 6.92. The third kappa shape index (κ3) is 3.60. The van der Waals surface area contributed by atoms with Crippen molar-refractivity contribution in [3.8, 4) is 5.75 Å². The molecule has 3 heteroatoms. The SMILES string of the molecule is COc1ccc(C2(CNC(=O)[C@@H]3CC=CCC3)CCCC2)cc1. The average molecular weight is 313 g/mol. The highest BCUT2D eigenvalue weighted by Gasteiger charge is 2.36. The highest BCUT2D eigenvalue weighted by atomic mass is 16.5. The quantitative estimate of drug-likeness (QED) is 0.835. The van der Waals surface area contributed by atoms with Crippen molar-refractivity contribution in [1.29, 1.82) is 0 Å². The van der Waals surface area contributed by atoms with Crippen LogP contribution in [0.2, 0.25) is 0 Å². The average Bonchev–Trinajstić information content (AvgIpc) is 3.11. The molecule has 124 valence electrons. The van der Waals surface area contributed by atoms with Gasteiger partial charge in [0.2, 0.25) is 5.91 Å². The summed E-state index contributed by atoms with van der Waals surface area (Å²) in [6.07, 6.45) is 12.0. The van der Waals surface area contributed by atoms with Crippen LogP contribution in [0.1, 0.15) is 50.5 Å². The summed E-state index contributed by atoms with van der Waals surface area (Å²) in [7, 11) is 1.69. The van der Waals surface area contributed by atoms with E-state index in [1.807, 2.05) is 12.1 Å². The molecule has 1 saturated carbocycles. The van der Waals surface area contributed by atoms with Crippen molar-refractivity contribution in [3.05, 3.63) is 42.0 Å². The summed E-state index contributed by atoms with van der Waals surface area (Å²) in [4.78, 5) is 12.5. The second-order valence-electron chi connectivity index (χ2n) is 6.92. The summed E-state index contributed by atoms with van der Waals surface area (Å²) in [6.45, 7) is 0.762. The van der Waals surface area contributed by atoms with Gasteiger partial charge in [0.05, 0.1) is 7.11 Å². The molecule has 0 aliphatic heterocycles. The Bertz CT molecular complexity index is 556. The normalized spacial score (nSPS) is 22.7. The Morgan fingerprint density at radius 1 is 1.22 bits per heavy atom. The van der Waals surface area contributed by atoms with E-state index >= 15 is 0 Å². The first-order chi connectivity index (χ1) is 11.2. The van der Waals surface area contributed by atoms with E-state index in [4.69, 9.17) is 4.74 Å². The molecule has 0 bridgehead atoms. The monoisotopic (exact) mass is 313 g/mol. The molecule has 0 unspecified atom stereocenters. The van der Waals surface area contributed by atoms with Gasteiger partial charge in [-0.2, -0.15) is 0 Å². The minimum Gasteiger partial charge on any atom is -0.497 e. The summed E-state index contributed by atoms with van der Waals surface area (Å²) in [5.74, 6) is 1.28. The molecule has 1 aromatic rings. The number of carbonyl (C=O) groups excluding carboxylic acids is 1. The summed E-state index contributed by atoms with van der Waals surface area (Å²) in [5.41, 5.74) is 1.44. The molecule has 1 aromatic carbocycles. The van der Waals surface area contributed by atoms with Crippen molar-refractivity contribution in [2.24, 2.45) is 5.92 Å². The lowest BCUT2D eigenvalue weighted by Crippen LogP contribution is -2.41. The van der Waals surface area contributed by atoms with Gasteiger partial charge in [-0.1, -0.05) is 37.1 Å². The van der Waals surface area contributed by atoms with Crippen molar-refractivity contribution < 1.29 is 9.53 Å². The topological polar surface area (TPSA) is 38.3 Å². The number of methoxy groups -OCH3 is 1. The molecule has 3 rings (SSSR count). The number of carbonyl (C=O) groups is 1. The van der Waals surface area contributed by atoms with E-state index in [9.17, 15) is 4.79 Å². The van der Waals surface area contributed by atoms with Gasteiger partial charge in [-0.05, 0) is 49.8 Å². The van der Waals surface area contributed by atoms with E-state index in [1.165, 1.54) is 18.4 Å². The molecule has 1 fully saturated rings. The fourth-order valence-corrected chi connectivity index (χ4v) is 4.00. The number of rotatable bonds is 5. The van der Waals surface area contributed by atoms with E-state index in [0.29, 0.717) is 0 Å². The van der Waals surface area contributed by atoms with Crippen molar-refractivity contribution in [2.75, 3.05) is 13.7 Å². The first-order valence-corrected chi connectivity index (χ1v) is 8.81. The second kappa shape index (κ2) is 7.20. The highest BCUT2D eigenvalue weighted by molar-refractivity contribution is 5.79. The van der Waals surface area contributed by atoms with Gasteiger partial charge < -0.3 is 10.1 Å². The van der Waals surface area contributed by atoms with Gasteiger partial charge in [0.1, 0.15) is 5.75 Å². The van der Waals surface area contributed by atoms with Crippen molar-refractivity contribution in [2.45, 2.75) is 50.4 Å². The van der Waals surface area contributed by atoms with Crippen molar-refractivity contribution in [1.82, 2.24) is 5.32 Å². The van der Waals surface area contributed by atoms with Crippen LogP contribution in [0.4, 0.5) is 0 Å². The van der Waals surface area contributed by atoms with Gasteiger partial charge in [0, 0.05) is 17.9 Å². The number of allylic oxidation sites excluding steroid dienone is 2. The lowest BCUT2D eigenvalue weighted by atomic mass is 9.78. The van der Waals surface area contributed by atoms with E-state index in [-0.39, 0.29) is 17.2 Å². The van der Waals surface area contributed by atoms with Gasteiger partial charge in [-0.3, -0.25) is 4.79 Å². The van der Waals surface area contributed by atoms with E-state index in [2.05, 4.69) is 29.6 Å². The van der Waals surface area contributed by atoms with Crippen LogP contribution in [-0.2, 0) is 10.2 Å². The van der Waals surface area contributed by atoms with Crippen molar-refractivity contribution >= 4 is 5.91 Å². The Morgan fingerprint density at radius 2 is 1.96 bits per heavy atom. The fourth-order valence-electron chi connectivity index (χ4n) is 4.00. The van der Waals surface area contributed by atoms with Crippen LogP contribution in [0.15, 0.2) is 36.4 Å². The van der Waals surface area contributed by atoms with E-state index < -0.39 is 0 Å². The number of nitrogens with one attached hydrogen (secondary N) is 1. The lowest BCUT2D eigenvalue weighted by Gasteiger charge is -2.31. The molecule has 0 radical (unpaired) electrons. The molecule has 0 aromatic heterocycles. The largest absolute Gasteiger partial charge is 0.497 e. The number of hydrogen-bond acceptors (Lipinski definition) is 2. The van der Waals surface area contributed by atoms with Gasteiger partial charge in [0.25, 0.3) is 0 Å². The molecule has 3 nitrogen and oxygen atoms in total. The smallest absolute Gasteiger partial charge is 0.223 e. The minimum absolute atomic E-state index is 0.104. The Morgan fingerprint density at radius 3 is 2.57 bits per heavy atom. The third-order valence-electron chi connectivity index (χ3n) is 5.50. The van der Waals surface area contributed by atoms with Crippen LogP contribution in [0.5, 0.6) is 5.75 Å².